The molecule has 8 nitrogen and oxygen atoms in total. The molecule has 35 heavy (non-hydrogen) atoms. The average molecular weight is 514 g/mol. The van der Waals surface area contributed by atoms with E-state index in [9.17, 15) is 23.3 Å². The van der Waals surface area contributed by atoms with Gasteiger partial charge in [-0.1, -0.05) is 47.5 Å². The van der Waals surface area contributed by atoms with Crippen molar-refractivity contribution in [3.8, 4) is 0 Å². The molecule has 1 amide bonds. The molecule has 1 unspecified atom stereocenters. The van der Waals surface area contributed by atoms with Crippen LogP contribution in [0.4, 0.5) is 17.1 Å². The summed E-state index contributed by atoms with van der Waals surface area (Å²) in [7, 11) is -4.36. The van der Waals surface area contributed by atoms with Gasteiger partial charge in [-0.05, 0) is 62.6 Å². The van der Waals surface area contributed by atoms with Crippen LogP contribution in [0.2, 0.25) is 5.02 Å². The summed E-state index contributed by atoms with van der Waals surface area (Å²) >= 11 is 5.90. The fraction of sp³-hybridized carbons (Fsp3) is 0.240. The Hall–Kier alpha value is -3.43. The Bertz CT molecular complexity index is 1440. The zero-order valence-corrected chi connectivity index (χ0v) is 21.0. The molecule has 1 aliphatic heterocycles. The SMILES string of the molecule is Cc1ccc(N(CC(=O)N2c3ccccc3CC2C)S(=O)(=O)c2ccc(Cl)c([N+](=O)[O-])c2)c(C)c1. The fourth-order valence-electron chi connectivity index (χ4n) is 4.45. The average Bonchev–Trinajstić information content (AvgIpc) is 3.13. The fourth-order valence-corrected chi connectivity index (χ4v) is 6.14. The number of hydrogen-bond acceptors (Lipinski definition) is 5. The highest BCUT2D eigenvalue weighted by atomic mass is 35.5. The Balaban J connectivity index is 1.80. The number of nitro groups is 1. The molecular formula is C25H24ClN3O5S. The number of carbonyl (C=O) groups excluding carboxylic acids is 1. The number of halogens is 1. The van der Waals surface area contributed by atoms with Crippen molar-refractivity contribution in [1.29, 1.82) is 0 Å². The van der Waals surface area contributed by atoms with E-state index in [0.29, 0.717) is 17.7 Å². The molecule has 0 aliphatic carbocycles. The van der Waals surface area contributed by atoms with E-state index in [0.717, 1.165) is 27.2 Å². The lowest BCUT2D eigenvalue weighted by Crippen LogP contribution is -2.45. The summed E-state index contributed by atoms with van der Waals surface area (Å²) in [4.78, 5) is 25.5. The van der Waals surface area contributed by atoms with Gasteiger partial charge >= 0.3 is 0 Å². The third-order valence-electron chi connectivity index (χ3n) is 6.08. The van der Waals surface area contributed by atoms with E-state index in [-0.39, 0.29) is 16.0 Å². The minimum absolute atomic E-state index is 0.139. The highest BCUT2D eigenvalue weighted by Crippen LogP contribution is 2.35. The van der Waals surface area contributed by atoms with E-state index < -0.39 is 33.1 Å². The number of anilines is 2. The first-order chi connectivity index (χ1) is 16.5. The van der Waals surface area contributed by atoms with Crippen LogP contribution in [0, 0.1) is 24.0 Å². The Morgan fingerprint density at radius 3 is 2.54 bits per heavy atom. The second-order valence-electron chi connectivity index (χ2n) is 8.62. The van der Waals surface area contributed by atoms with Gasteiger partial charge in [0.25, 0.3) is 15.7 Å². The Morgan fingerprint density at radius 1 is 1.14 bits per heavy atom. The van der Waals surface area contributed by atoms with Crippen LogP contribution >= 0.6 is 11.6 Å². The molecule has 182 valence electrons. The van der Waals surface area contributed by atoms with Crippen LogP contribution in [-0.4, -0.2) is 31.8 Å². The maximum atomic E-state index is 13.8. The standard InChI is InChI=1S/C25H24ClN3O5S/c1-16-8-11-22(17(2)12-16)27(35(33,34)20-9-10-21(26)24(14-20)29(31)32)15-25(30)28-18(3)13-19-6-4-5-7-23(19)28/h4-12,14,18H,13,15H2,1-3H3. The van der Waals surface area contributed by atoms with Gasteiger partial charge in [0, 0.05) is 17.8 Å². The molecule has 0 N–H and O–H groups in total. The number of hydrogen-bond donors (Lipinski definition) is 0. The lowest BCUT2D eigenvalue weighted by molar-refractivity contribution is -0.384. The largest absolute Gasteiger partial charge is 0.307 e. The molecule has 10 heteroatoms. The molecule has 3 aromatic rings. The van der Waals surface area contributed by atoms with Gasteiger partial charge in [-0.2, -0.15) is 0 Å². The maximum absolute atomic E-state index is 13.8. The van der Waals surface area contributed by atoms with E-state index in [4.69, 9.17) is 11.6 Å². The van der Waals surface area contributed by atoms with Crippen molar-refractivity contribution in [2.75, 3.05) is 15.7 Å². The van der Waals surface area contributed by atoms with Crippen molar-refractivity contribution < 1.29 is 18.1 Å². The molecular weight excluding hydrogens is 490 g/mol. The monoisotopic (exact) mass is 513 g/mol. The smallest absolute Gasteiger partial charge is 0.289 e. The van der Waals surface area contributed by atoms with Crippen molar-refractivity contribution >= 4 is 44.6 Å². The van der Waals surface area contributed by atoms with Crippen LogP contribution in [-0.2, 0) is 21.2 Å². The van der Waals surface area contributed by atoms with Gasteiger partial charge in [0.1, 0.15) is 11.6 Å². The molecule has 1 heterocycles. The molecule has 0 saturated heterocycles. The molecule has 0 spiro atoms. The van der Waals surface area contributed by atoms with Gasteiger partial charge in [-0.25, -0.2) is 8.42 Å². The lowest BCUT2D eigenvalue weighted by atomic mass is 10.1. The second-order valence-corrected chi connectivity index (χ2v) is 10.9. The van der Waals surface area contributed by atoms with E-state index in [2.05, 4.69) is 0 Å². The first kappa shape index (κ1) is 24.7. The first-order valence-electron chi connectivity index (χ1n) is 10.9. The van der Waals surface area contributed by atoms with E-state index in [1.807, 2.05) is 44.2 Å². The van der Waals surface area contributed by atoms with Gasteiger partial charge in [0.15, 0.2) is 0 Å². The Kier molecular flexibility index (Phi) is 6.57. The summed E-state index contributed by atoms with van der Waals surface area (Å²) in [6.45, 7) is 5.08. The van der Waals surface area contributed by atoms with Crippen molar-refractivity contribution in [3.63, 3.8) is 0 Å². The zero-order valence-electron chi connectivity index (χ0n) is 19.4. The molecule has 3 aromatic carbocycles. The van der Waals surface area contributed by atoms with Crippen LogP contribution < -0.4 is 9.21 Å². The summed E-state index contributed by atoms with van der Waals surface area (Å²) in [6, 6.07) is 15.9. The summed E-state index contributed by atoms with van der Waals surface area (Å²) in [5.74, 6) is -0.394. The van der Waals surface area contributed by atoms with Crippen LogP contribution in [0.15, 0.2) is 65.6 Å². The molecule has 0 aromatic heterocycles. The van der Waals surface area contributed by atoms with Gasteiger partial charge in [-0.3, -0.25) is 19.2 Å². The molecule has 0 radical (unpaired) electrons. The topological polar surface area (TPSA) is 101 Å². The molecule has 1 aliphatic rings. The number of nitrogens with zero attached hydrogens (tertiary/aromatic N) is 3. The van der Waals surface area contributed by atoms with Crippen molar-refractivity contribution in [1.82, 2.24) is 0 Å². The third-order valence-corrected chi connectivity index (χ3v) is 8.15. The molecule has 1 atom stereocenters. The van der Waals surface area contributed by atoms with E-state index >= 15 is 0 Å². The third kappa shape index (κ3) is 4.61. The number of para-hydroxylation sites is 1. The van der Waals surface area contributed by atoms with E-state index in [1.54, 1.807) is 24.0 Å². The quantitative estimate of drug-likeness (QED) is 0.339. The van der Waals surface area contributed by atoms with Crippen LogP contribution in [0.3, 0.4) is 0 Å². The number of aryl methyl sites for hydroxylation is 2. The van der Waals surface area contributed by atoms with Crippen molar-refractivity contribution in [2.24, 2.45) is 0 Å². The summed E-state index contributed by atoms with van der Waals surface area (Å²) in [5.41, 5.74) is 3.15. The molecule has 0 fully saturated rings. The molecule has 0 bridgehead atoms. The zero-order chi connectivity index (χ0) is 25.5. The van der Waals surface area contributed by atoms with Crippen molar-refractivity contribution in [3.05, 3.63) is 92.5 Å². The number of benzene rings is 3. The maximum Gasteiger partial charge on any atom is 0.289 e. The minimum Gasteiger partial charge on any atom is -0.307 e. The summed E-state index contributed by atoms with van der Waals surface area (Å²) in [5, 5.41) is 11.2. The number of nitro benzene ring substituents is 1. The van der Waals surface area contributed by atoms with Gasteiger partial charge in [0.05, 0.1) is 15.5 Å². The minimum atomic E-state index is -4.36. The van der Waals surface area contributed by atoms with Gasteiger partial charge < -0.3 is 4.90 Å². The Labute approximate surface area is 208 Å². The predicted molar refractivity (Wildman–Crippen MR) is 136 cm³/mol. The van der Waals surface area contributed by atoms with Gasteiger partial charge in [-0.15, -0.1) is 0 Å². The Morgan fingerprint density at radius 2 is 1.86 bits per heavy atom. The molecule has 4 rings (SSSR count). The molecule has 0 saturated carbocycles. The summed E-state index contributed by atoms with van der Waals surface area (Å²) < 4.78 is 28.7. The summed E-state index contributed by atoms with van der Waals surface area (Å²) in [6.07, 6.45) is 0.668. The van der Waals surface area contributed by atoms with Gasteiger partial charge in [0.2, 0.25) is 5.91 Å². The van der Waals surface area contributed by atoms with E-state index in [1.165, 1.54) is 12.1 Å². The van der Waals surface area contributed by atoms with Crippen molar-refractivity contribution in [2.45, 2.75) is 38.1 Å². The number of rotatable bonds is 6. The highest BCUT2D eigenvalue weighted by molar-refractivity contribution is 7.92. The number of carbonyl (C=O) groups is 1. The van der Waals surface area contributed by atoms with Crippen LogP contribution in [0.1, 0.15) is 23.6 Å². The second kappa shape index (κ2) is 9.31. The number of fused-ring (bicyclic) bond motifs is 1. The van der Waals surface area contributed by atoms with Crippen LogP contribution in [0.5, 0.6) is 0 Å². The lowest BCUT2D eigenvalue weighted by Gasteiger charge is -2.29. The predicted octanol–water partition coefficient (Wildman–Crippen LogP) is 5.04. The number of amides is 1. The number of sulfonamides is 1. The first-order valence-corrected chi connectivity index (χ1v) is 12.8. The highest BCUT2D eigenvalue weighted by Gasteiger charge is 2.35. The normalized spacial score (nSPS) is 15.1. The van der Waals surface area contributed by atoms with Crippen LogP contribution in [0.25, 0.3) is 0 Å².